The van der Waals surface area contributed by atoms with Gasteiger partial charge in [0.25, 0.3) is 0 Å². The van der Waals surface area contributed by atoms with Crippen LogP contribution >= 0.6 is 11.8 Å². The Morgan fingerprint density at radius 1 is 1.33 bits per heavy atom. The topological polar surface area (TPSA) is 79.4 Å². The average molecular weight is 276 g/mol. The first kappa shape index (κ1) is 12.6. The summed E-state index contributed by atoms with van der Waals surface area (Å²) in [7, 11) is 1.48. The summed E-state index contributed by atoms with van der Waals surface area (Å²) in [6.45, 7) is 0. The van der Waals surface area contributed by atoms with E-state index in [1.54, 1.807) is 0 Å². The van der Waals surface area contributed by atoms with E-state index in [2.05, 4.69) is 30.5 Å². The standard InChI is InChI=1S/C8H7F3N6S/c1-12-4-2-5(18-7-13-3-14-17-7)16-6(15-4)8(9,10)11/h2-3H,1H3,(H,12,15,16)(H,13,14,17). The molecule has 2 rings (SSSR count). The van der Waals surface area contributed by atoms with E-state index in [0.717, 1.165) is 11.8 Å². The van der Waals surface area contributed by atoms with Gasteiger partial charge < -0.3 is 5.32 Å². The third-order valence-corrected chi connectivity index (χ3v) is 2.61. The van der Waals surface area contributed by atoms with E-state index in [-0.39, 0.29) is 10.8 Å². The van der Waals surface area contributed by atoms with Crippen molar-refractivity contribution in [3.05, 3.63) is 18.2 Å². The van der Waals surface area contributed by atoms with Gasteiger partial charge in [-0.2, -0.15) is 18.3 Å². The van der Waals surface area contributed by atoms with Crippen LogP contribution in [0, 0.1) is 0 Å². The lowest BCUT2D eigenvalue weighted by molar-refractivity contribution is -0.145. The van der Waals surface area contributed by atoms with Crippen molar-refractivity contribution in [3.63, 3.8) is 0 Å². The molecule has 0 aliphatic heterocycles. The van der Waals surface area contributed by atoms with Crippen LogP contribution in [-0.4, -0.2) is 32.2 Å². The summed E-state index contributed by atoms with van der Waals surface area (Å²) in [5.41, 5.74) is 0. The van der Waals surface area contributed by atoms with E-state index in [9.17, 15) is 13.2 Å². The highest BCUT2D eigenvalue weighted by molar-refractivity contribution is 7.99. The van der Waals surface area contributed by atoms with Gasteiger partial charge >= 0.3 is 6.18 Å². The highest BCUT2D eigenvalue weighted by Gasteiger charge is 2.35. The maximum atomic E-state index is 12.6. The molecule has 0 aliphatic rings. The molecule has 0 spiro atoms. The number of nitrogens with one attached hydrogen (secondary N) is 2. The Morgan fingerprint density at radius 3 is 2.67 bits per heavy atom. The minimum Gasteiger partial charge on any atom is -0.373 e. The zero-order chi connectivity index (χ0) is 13.2. The number of aromatic amines is 1. The van der Waals surface area contributed by atoms with Crippen molar-refractivity contribution in [2.45, 2.75) is 16.4 Å². The van der Waals surface area contributed by atoms with E-state index >= 15 is 0 Å². The van der Waals surface area contributed by atoms with Crippen LogP contribution in [-0.2, 0) is 6.18 Å². The third kappa shape index (κ3) is 2.88. The molecule has 0 bridgehead atoms. The summed E-state index contributed by atoms with van der Waals surface area (Å²) < 4.78 is 37.7. The molecular formula is C8H7F3N6S. The molecule has 0 fully saturated rings. The predicted molar refractivity (Wildman–Crippen MR) is 57.1 cm³/mol. The summed E-state index contributed by atoms with van der Waals surface area (Å²) in [4.78, 5) is 10.6. The SMILES string of the molecule is CNc1cc(Sc2ncn[nH]2)nc(C(F)(F)F)n1. The van der Waals surface area contributed by atoms with Crippen molar-refractivity contribution in [1.82, 2.24) is 25.1 Å². The second-order valence-corrected chi connectivity index (χ2v) is 4.06. The number of hydrogen-bond acceptors (Lipinski definition) is 6. The molecule has 2 heterocycles. The first-order valence-corrected chi connectivity index (χ1v) is 5.48. The highest BCUT2D eigenvalue weighted by Crippen LogP contribution is 2.30. The predicted octanol–water partition coefficient (Wildman–Crippen LogP) is 1.81. The molecule has 2 aromatic rings. The molecule has 2 N–H and O–H groups in total. The largest absolute Gasteiger partial charge is 0.451 e. The number of alkyl halides is 3. The quantitative estimate of drug-likeness (QED) is 0.832. The Hall–Kier alpha value is -1.84. The maximum absolute atomic E-state index is 12.6. The molecule has 18 heavy (non-hydrogen) atoms. The molecule has 0 saturated carbocycles. The molecule has 2 aromatic heterocycles. The average Bonchev–Trinajstić information content (AvgIpc) is 2.80. The highest BCUT2D eigenvalue weighted by atomic mass is 32.2. The zero-order valence-electron chi connectivity index (χ0n) is 8.99. The first-order chi connectivity index (χ1) is 8.49. The number of anilines is 1. The van der Waals surface area contributed by atoms with Gasteiger partial charge in [0.2, 0.25) is 5.82 Å². The normalized spacial score (nSPS) is 11.6. The van der Waals surface area contributed by atoms with E-state index in [1.165, 1.54) is 19.4 Å². The summed E-state index contributed by atoms with van der Waals surface area (Å²) in [5, 5.41) is 9.14. The second-order valence-electron chi connectivity index (χ2n) is 3.06. The van der Waals surface area contributed by atoms with Crippen LogP contribution in [0.1, 0.15) is 5.82 Å². The van der Waals surface area contributed by atoms with Gasteiger partial charge in [-0.05, 0) is 11.8 Å². The second kappa shape index (κ2) is 4.80. The lowest BCUT2D eigenvalue weighted by atomic mass is 10.5. The van der Waals surface area contributed by atoms with Crippen LogP contribution in [0.25, 0.3) is 0 Å². The summed E-state index contributed by atoms with van der Waals surface area (Å²) >= 11 is 0.934. The lowest BCUT2D eigenvalue weighted by Crippen LogP contribution is -2.12. The number of nitrogens with zero attached hydrogens (tertiary/aromatic N) is 4. The van der Waals surface area contributed by atoms with Gasteiger partial charge in [0, 0.05) is 13.1 Å². The minimum absolute atomic E-state index is 0.0827. The summed E-state index contributed by atoms with van der Waals surface area (Å²) in [5.74, 6) is -1.12. The molecular weight excluding hydrogens is 269 g/mol. The third-order valence-electron chi connectivity index (χ3n) is 1.81. The van der Waals surface area contributed by atoms with Crippen LogP contribution in [0.3, 0.4) is 0 Å². The van der Waals surface area contributed by atoms with Crippen molar-refractivity contribution in [2.24, 2.45) is 0 Å². The van der Waals surface area contributed by atoms with Gasteiger partial charge in [0.1, 0.15) is 17.2 Å². The fourth-order valence-electron chi connectivity index (χ4n) is 1.07. The van der Waals surface area contributed by atoms with Crippen LogP contribution in [0.4, 0.5) is 19.0 Å². The molecule has 0 amide bonds. The number of rotatable bonds is 3. The Morgan fingerprint density at radius 2 is 2.11 bits per heavy atom. The molecule has 0 unspecified atom stereocenters. The number of H-pyrrole nitrogens is 1. The number of hydrogen-bond donors (Lipinski definition) is 2. The number of aromatic nitrogens is 5. The minimum atomic E-state index is -4.59. The molecule has 0 atom stereocenters. The Kier molecular flexibility index (Phi) is 3.36. The Labute approximate surface area is 103 Å². The summed E-state index contributed by atoms with van der Waals surface area (Å²) in [6, 6.07) is 1.39. The van der Waals surface area contributed by atoms with E-state index < -0.39 is 12.0 Å². The van der Waals surface area contributed by atoms with Crippen LogP contribution in [0.15, 0.2) is 22.6 Å². The lowest BCUT2D eigenvalue weighted by Gasteiger charge is -2.08. The molecule has 6 nitrogen and oxygen atoms in total. The van der Waals surface area contributed by atoms with E-state index in [0.29, 0.717) is 5.16 Å². The summed E-state index contributed by atoms with van der Waals surface area (Å²) in [6.07, 6.45) is -3.34. The van der Waals surface area contributed by atoms with Crippen LogP contribution in [0.2, 0.25) is 0 Å². The molecule has 0 aliphatic carbocycles. The van der Waals surface area contributed by atoms with Crippen molar-refractivity contribution in [1.29, 1.82) is 0 Å². The van der Waals surface area contributed by atoms with Gasteiger partial charge in [-0.1, -0.05) is 0 Å². The van der Waals surface area contributed by atoms with Crippen molar-refractivity contribution < 1.29 is 13.2 Å². The van der Waals surface area contributed by atoms with Crippen molar-refractivity contribution in [3.8, 4) is 0 Å². The van der Waals surface area contributed by atoms with Gasteiger partial charge in [-0.25, -0.2) is 15.0 Å². The fraction of sp³-hybridized carbons (Fsp3) is 0.250. The molecule has 0 saturated heterocycles. The molecule has 0 aromatic carbocycles. The van der Waals surface area contributed by atoms with Gasteiger partial charge in [-0.3, -0.25) is 5.10 Å². The van der Waals surface area contributed by atoms with E-state index in [1.807, 2.05) is 0 Å². The van der Waals surface area contributed by atoms with Crippen molar-refractivity contribution in [2.75, 3.05) is 12.4 Å². The first-order valence-electron chi connectivity index (χ1n) is 4.66. The van der Waals surface area contributed by atoms with Crippen LogP contribution in [0.5, 0.6) is 0 Å². The Bertz CT molecular complexity index is 526. The van der Waals surface area contributed by atoms with Gasteiger partial charge in [-0.15, -0.1) is 0 Å². The van der Waals surface area contributed by atoms with E-state index in [4.69, 9.17) is 0 Å². The maximum Gasteiger partial charge on any atom is 0.451 e. The molecule has 10 heteroatoms. The van der Waals surface area contributed by atoms with Gasteiger partial charge in [0.15, 0.2) is 5.16 Å². The fourth-order valence-corrected chi connectivity index (χ4v) is 1.77. The van der Waals surface area contributed by atoms with Crippen molar-refractivity contribution >= 4 is 17.6 Å². The van der Waals surface area contributed by atoms with Crippen LogP contribution < -0.4 is 5.32 Å². The number of halogens is 3. The Balaban J connectivity index is 2.35. The van der Waals surface area contributed by atoms with Gasteiger partial charge in [0.05, 0.1) is 0 Å². The molecule has 96 valence electrons. The zero-order valence-corrected chi connectivity index (χ0v) is 9.80. The molecule has 0 radical (unpaired) electrons. The monoisotopic (exact) mass is 276 g/mol. The smallest absolute Gasteiger partial charge is 0.373 e.